The molecule has 14 heavy (non-hydrogen) atoms. The Balaban J connectivity index is 2.42. The minimum Gasteiger partial charge on any atom is -0.362 e. The fraction of sp³-hybridized carbons (Fsp3) is 0.417. The van der Waals surface area contributed by atoms with Crippen LogP contribution in [0.1, 0.15) is 25.3 Å². The lowest BCUT2D eigenvalue weighted by atomic mass is 9.87. The zero-order chi connectivity index (χ0) is 10.0. The molecule has 0 saturated carbocycles. The van der Waals surface area contributed by atoms with Crippen LogP contribution in [0.3, 0.4) is 0 Å². The van der Waals surface area contributed by atoms with Gasteiger partial charge in [0.25, 0.3) is 0 Å². The molecule has 1 fully saturated rings. The molecular weight excluding hydrogens is 176 g/mol. The number of hydrogen-bond donors (Lipinski definition) is 0. The van der Waals surface area contributed by atoms with Gasteiger partial charge in [0.05, 0.1) is 0 Å². The number of Topliss-reactive ketones (excluding diaryl/α,β-unsaturated/α-hetero) is 1. The molecule has 0 radical (unpaired) electrons. The van der Waals surface area contributed by atoms with Gasteiger partial charge in [-0.25, -0.2) is 0 Å². The minimum atomic E-state index is -0.652. The summed E-state index contributed by atoms with van der Waals surface area (Å²) in [6.45, 7) is 2.30. The van der Waals surface area contributed by atoms with Crippen LogP contribution >= 0.6 is 0 Å². The van der Waals surface area contributed by atoms with Gasteiger partial charge < -0.3 is 4.74 Å². The van der Waals surface area contributed by atoms with Crippen LogP contribution in [0.15, 0.2) is 30.3 Å². The molecule has 1 aromatic carbocycles. The second-order valence-electron chi connectivity index (χ2n) is 3.70. The highest BCUT2D eigenvalue weighted by Gasteiger charge is 2.41. The quantitative estimate of drug-likeness (QED) is 0.715. The maximum absolute atomic E-state index is 11.6. The second kappa shape index (κ2) is 3.54. The van der Waals surface area contributed by atoms with Gasteiger partial charge in [-0.05, 0) is 25.3 Å². The molecule has 0 aliphatic carbocycles. The predicted molar refractivity (Wildman–Crippen MR) is 54.0 cm³/mol. The third kappa shape index (κ3) is 1.36. The van der Waals surface area contributed by atoms with E-state index in [9.17, 15) is 4.79 Å². The summed E-state index contributed by atoms with van der Waals surface area (Å²) in [6, 6.07) is 9.77. The molecule has 1 heterocycles. The van der Waals surface area contributed by atoms with E-state index in [1.807, 2.05) is 30.3 Å². The van der Waals surface area contributed by atoms with Crippen molar-refractivity contribution in [1.29, 1.82) is 0 Å². The number of carbonyl (C=O) groups excluding carboxylic acids is 1. The van der Waals surface area contributed by atoms with Crippen molar-refractivity contribution in [3.63, 3.8) is 0 Å². The molecule has 74 valence electrons. The van der Waals surface area contributed by atoms with Gasteiger partial charge in [0.1, 0.15) is 0 Å². The van der Waals surface area contributed by atoms with E-state index in [4.69, 9.17) is 4.74 Å². The van der Waals surface area contributed by atoms with E-state index in [1.165, 1.54) is 0 Å². The standard InChI is InChI=1S/C12H14O2/c1-10(13)12(8-5-9-14-12)11-6-3-2-4-7-11/h2-4,6-7H,5,8-9H2,1H3/t12-/m1/s1. The number of hydrogen-bond acceptors (Lipinski definition) is 2. The van der Waals surface area contributed by atoms with E-state index in [2.05, 4.69) is 0 Å². The Morgan fingerprint density at radius 3 is 2.57 bits per heavy atom. The molecule has 1 saturated heterocycles. The molecule has 0 N–H and O–H groups in total. The van der Waals surface area contributed by atoms with Crippen molar-refractivity contribution in [3.8, 4) is 0 Å². The smallest absolute Gasteiger partial charge is 0.166 e. The van der Waals surface area contributed by atoms with E-state index in [0.29, 0.717) is 6.61 Å². The van der Waals surface area contributed by atoms with Crippen LogP contribution in [0.2, 0.25) is 0 Å². The lowest BCUT2D eigenvalue weighted by molar-refractivity contribution is -0.137. The van der Waals surface area contributed by atoms with E-state index in [1.54, 1.807) is 6.92 Å². The summed E-state index contributed by atoms with van der Waals surface area (Å²) in [5.74, 6) is 0.112. The van der Waals surface area contributed by atoms with Crippen molar-refractivity contribution in [2.75, 3.05) is 6.61 Å². The average molecular weight is 190 g/mol. The van der Waals surface area contributed by atoms with Gasteiger partial charge in [-0.2, -0.15) is 0 Å². The second-order valence-corrected chi connectivity index (χ2v) is 3.70. The molecule has 1 aromatic rings. The summed E-state index contributed by atoms with van der Waals surface area (Å²) >= 11 is 0. The summed E-state index contributed by atoms with van der Waals surface area (Å²) in [5.41, 5.74) is 0.339. The van der Waals surface area contributed by atoms with Gasteiger partial charge in [0.2, 0.25) is 0 Å². The third-order valence-electron chi connectivity index (χ3n) is 2.83. The summed E-state index contributed by atoms with van der Waals surface area (Å²) in [4.78, 5) is 11.6. The van der Waals surface area contributed by atoms with Crippen molar-refractivity contribution in [3.05, 3.63) is 35.9 Å². The summed E-state index contributed by atoms with van der Waals surface area (Å²) in [7, 11) is 0. The number of rotatable bonds is 2. The predicted octanol–water partition coefficient (Wildman–Crippen LogP) is 2.28. The Morgan fingerprint density at radius 1 is 1.36 bits per heavy atom. The summed E-state index contributed by atoms with van der Waals surface area (Å²) in [6.07, 6.45) is 1.78. The van der Waals surface area contributed by atoms with Crippen LogP contribution in [0.25, 0.3) is 0 Å². The van der Waals surface area contributed by atoms with Crippen molar-refractivity contribution in [2.45, 2.75) is 25.4 Å². The topological polar surface area (TPSA) is 26.3 Å². The molecule has 2 heteroatoms. The summed E-state index contributed by atoms with van der Waals surface area (Å²) in [5, 5.41) is 0. The lowest BCUT2D eigenvalue weighted by Crippen LogP contribution is -2.32. The van der Waals surface area contributed by atoms with Gasteiger partial charge >= 0.3 is 0 Å². The number of carbonyl (C=O) groups is 1. The average Bonchev–Trinajstić information content (AvgIpc) is 2.69. The molecule has 0 aromatic heterocycles. The fourth-order valence-corrected chi connectivity index (χ4v) is 2.06. The molecule has 0 spiro atoms. The Morgan fingerprint density at radius 2 is 2.07 bits per heavy atom. The molecule has 0 bridgehead atoms. The summed E-state index contributed by atoms with van der Waals surface area (Å²) < 4.78 is 5.64. The SMILES string of the molecule is CC(=O)[C@@]1(c2ccccc2)CCCO1. The Kier molecular flexibility index (Phi) is 2.38. The maximum atomic E-state index is 11.6. The first kappa shape index (κ1) is 9.41. The number of ether oxygens (including phenoxy) is 1. The Bertz CT molecular complexity index is 323. The molecule has 0 amide bonds. The van der Waals surface area contributed by atoms with Crippen molar-refractivity contribution in [1.82, 2.24) is 0 Å². The Hall–Kier alpha value is -1.15. The first-order chi connectivity index (χ1) is 6.76. The minimum absolute atomic E-state index is 0.112. The van der Waals surface area contributed by atoms with Crippen LogP contribution in [0, 0.1) is 0 Å². The molecule has 1 aliphatic rings. The maximum Gasteiger partial charge on any atom is 0.166 e. The van der Waals surface area contributed by atoms with Crippen LogP contribution < -0.4 is 0 Å². The number of benzene rings is 1. The first-order valence-corrected chi connectivity index (χ1v) is 4.96. The molecule has 2 rings (SSSR count). The molecule has 0 unspecified atom stereocenters. The number of ketones is 1. The van der Waals surface area contributed by atoms with Crippen LogP contribution in [0.4, 0.5) is 0 Å². The van der Waals surface area contributed by atoms with Gasteiger partial charge in [0, 0.05) is 6.61 Å². The Labute approximate surface area is 83.9 Å². The highest BCUT2D eigenvalue weighted by atomic mass is 16.5. The van der Waals surface area contributed by atoms with Crippen molar-refractivity contribution in [2.24, 2.45) is 0 Å². The fourth-order valence-electron chi connectivity index (χ4n) is 2.06. The lowest BCUT2D eigenvalue weighted by Gasteiger charge is -2.25. The van der Waals surface area contributed by atoms with Crippen LogP contribution in [-0.4, -0.2) is 12.4 Å². The highest BCUT2D eigenvalue weighted by molar-refractivity contribution is 5.86. The van der Waals surface area contributed by atoms with Gasteiger partial charge in [-0.3, -0.25) is 4.79 Å². The van der Waals surface area contributed by atoms with Crippen molar-refractivity contribution >= 4 is 5.78 Å². The monoisotopic (exact) mass is 190 g/mol. The zero-order valence-electron chi connectivity index (χ0n) is 8.32. The van der Waals surface area contributed by atoms with Gasteiger partial charge in [0.15, 0.2) is 11.4 Å². The van der Waals surface area contributed by atoms with E-state index < -0.39 is 5.60 Å². The first-order valence-electron chi connectivity index (χ1n) is 4.96. The van der Waals surface area contributed by atoms with E-state index in [0.717, 1.165) is 18.4 Å². The van der Waals surface area contributed by atoms with Crippen LogP contribution in [0.5, 0.6) is 0 Å². The molecule has 2 nitrogen and oxygen atoms in total. The van der Waals surface area contributed by atoms with Gasteiger partial charge in [-0.15, -0.1) is 0 Å². The van der Waals surface area contributed by atoms with E-state index in [-0.39, 0.29) is 5.78 Å². The highest BCUT2D eigenvalue weighted by Crippen LogP contribution is 2.36. The molecular formula is C12H14O2. The van der Waals surface area contributed by atoms with Crippen molar-refractivity contribution < 1.29 is 9.53 Å². The zero-order valence-corrected chi connectivity index (χ0v) is 8.32. The van der Waals surface area contributed by atoms with E-state index >= 15 is 0 Å². The normalized spacial score (nSPS) is 26.4. The van der Waals surface area contributed by atoms with Crippen LogP contribution in [-0.2, 0) is 15.1 Å². The third-order valence-corrected chi connectivity index (χ3v) is 2.83. The molecule has 1 aliphatic heterocycles. The largest absolute Gasteiger partial charge is 0.362 e. The molecule has 1 atom stereocenters. The van der Waals surface area contributed by atoms with Gasteiger partial charge in [-0.1, -0.05) is 30.3 Å².